The topological polar surface area (TPSA) is 54.3 Å². The lowest BCUT2D eigenvalue weighted by atomic mass is 9.93. The van der Waals surface area contributed by atoms with Gasteiger partial charge in [-0.15, -0.1) is 11.8 Å². The fourth-order valence-corrected chi connectivity index (χ4v) is 5.04. The van der Waals surface area contributed by atoms with Crippen LogP contribution in [0, 0.1) is 0 Å². The van der Waals surface area contributed by atoms with Crippen LogP contribution >= 0.6 is 11.8 Å². The number of fused-ring (bicyclic) bond motifs is 3. The number of amides is 2. The first-order valence-corrected chi connectivity index (χ1v) is 12.6. The molecule has 2 amide bonds. The second-order valence-electron chi connectivity index (χ2n) is 8.86. The SMILES string of the molecule is CSc1ccc(CN2C(=O)c3cc4ccccc4n3CC2(C)C(=O)NCc2ccccc2)cc1. The Kier molecular flexibility index (Phi) is 5.92. The molecular weight excluding hydrogens is 442 g/mol. The van der Waals surface area contributed by atoms with Crippen molar-refractivity contribution < 1.29 is 9.59 Å². The number of rotatable bonds is 6. The highest BCUT2D eigenvalue weighted by Crippen LogP contribution is 2.33. The summed E-state index contributed by atoms with van der Waals surface area (Å²) in [4.78, 5) is 30.4. The minimum Gasteiger partial charge on any atom is -0.350 e. The quantitative estimate of drug-likeness (QED) is 0.400. The summed E-state index contributed by atoms with van der Waals surface area (Å²) in [5, 5.41) is 4.09. The van der Waals surface area contributed by atoms with Gasteiger partial charge in [-0.1, -0.05) is 60.7 Å². The molecule has 2 heterocycles. The van der Waals surface area contributed by atoms with E-state index in [0.717, 1.165) is 26.9 Å². The summed E-state index contributed by atoms with van der Waals surface area (Å²) in [7, 11) is 0. The Bertz CT molecular complexity index is 1350. The normalized spacial score (nSPS) is 17.6. The van der Waals surface area contributed by atoms with E-state index in [9.17, 15) is 9.59 Å². The molecule has 34 heavy (non-hydrogen) atoms. The molecule has 0 bridgehead atoms. The monoisotopic (exact) mass is 469 g/mol. The lowest BCUT2D eigenvalue weighted by Crippen LogP contribution is -2.63. The van der Waals surface area contributed by atoms with E-state index in [4.69, 9.17) is 0 Å². The third-order valence-corrected chi connectivity index (χ3v) is 7.36. The molecule has 4 aromatic rings. The van der Waals surface area contributed by atoms with Gasteiger partial charge < -0.3 is 14.8 Å². The number of hydrogen-bond donors (Lipinski definition) is 1. The standard InChI is InChI=1S/C28H27N3O2S/c1-28(27(33)29-17-20-8-4-3-5-9-20)19-30-24-11-7-6-10-22(24)16-25(30)26(32)31(28)18-21-12-14-23(34-2)15-13-21/h3-16H,17-19H2,1-2H3,(H,29,33). The van der Waals surface area contributed by atoms with Crippen LogP contribution < -0.4 is 5.32 Å². The molecular formula is C28H27N3O2S. The van der Waals surface area contributed by atoms with E-state index in [1.165, 1.54) is 0 Å². The Balaban J connectivity index is 1.52. The number of nitrogens with zero attached hydrogens (tertiary/aromatic N) is 2. The molecule has 6 heteroatoms. The zero-order chi connectivity index (χ0) is 23.7. The van der Waals surface area contributed by atoms with Crippen LogP contribution in [0.5, 0.6) is 0 Å². The van der Waals surface area contributed by atoms with Crippen LogP contribution in [-0.2, 0) is 24.4 Å². The number of aromatic nitrogens is 1. The molecule has 0 spiro atoms. The number of carbonyl (C=O) groups excluding carboxylic acids is 2. The molecule has 0 aliphatic carbocycles. The lowest BCUT2D eigenvalue weighted by Gasteiger charge is -2.44. The molecule has 5 rings (SSSR count). The zero-order valence-corrected chi connectivity index (χ0v) is 20.1. The Morgan fingerprint density at radius 2 is 1.68 bits per heavy atom. The maximum absolute atomic E-state index is 13.8. The van der Waals surface area contributed by atoms with Gasteiger partial charge in [0, 0.05) is 28.9 Å². The number of nitrogens with one attached hydrogen (secondary N) is 1. The minimum absolute atomic E-state index is 0.131. The summed E-state index contributed by atoms with van der Waals surface area (Å²) in [5.74, 6) is -0.289. The average molecular weight is 470 g/mol. The molecule has 1 N–H and O–H groups in total. The van der Waals surface area contributed by atoms with Crippen LogP contribution in [0.15, 0.2) is 89.8 Å². The van der Waals surface area contributed by atoms with E-state index in [2.05, 4.69) is 17.4 Å². The molecule has 3 aromatic carbocycles. The minimum atomic E-state index is -1.04. The van der Waals surface area contributed by atoms with Crippen molar-refractivity contribution in [1.29, 1.82) is 0 Å². The van der Waals surface area contributed by atoms with Gasteiger partial charge in [0.2, 0.25) is 5.91 Å². The molecule has 5 nitrogen and oxygen atoms in total. The molecule has 0 saturated carbocycles. The summed E-state index contributed by atoms with van der Waals surface area (Å²) < 4.78 is 1.99. The van der Waals surface area contributed by atoms with Gasteiger partial charge in [-0.2, -0.15) is 0 Å². The number of thioether (sulfide) groups is 1. The number of hydrogen-bond acceptors (Lipinski definition) is 3. The number of benzene rings is 3. The Morgan fingerprint density at radius 3 is 2.41 bits per heavy atom. The molecule has 1 aromatic heterocycles. The Morgan fingerprint density at radius 1 is 0.971 bits per heavy atom. The van der Waals surface area contributed by atoms with Crippen molar-refractivity contribution in [2.75, 3.05) is 6.26 Å². The van der Waals surface area contributed by atoms with Crippen molar-refractivity contribution >= 4 is 34.5 Å². The lowest BCUT2D eigenvalue weighted by molar-refractivity contribution is -0.133. The highest BCUT2D eigenvalue weighted by atomic mass is 32.2. The predicted octanol–water partition coefficient (Wildman–Crippen LogP) is 5.09. The maximum Gasteiger partial charge on any atom is 0.271 e. The molecule has 1 aliphatic heterocycles. The molecule has 0 fully saturated rings. The fourth-order valence-electron chi connectivity index (χ4n) is 4.64. The van der Waals surface area contributed by atoms with Gasteiger partial charge in [-0.05, 0) is 48.6 Å². The molecule has 172 valence electrons. The summed E-state index contributed by atoms with van der Waals surface area (Å²) in [6, 6.07) is 27.9. The smallest absolute Gasteiger partial charge is 0.271 e. The number of carbonyl (C=O) groups is 2. The van der Waals surface area contributed by atoms with E-state index in [-0.39, 0.29) is 11.8 Å². The van der Waals surface area contributed by atoms with Crippen molar-refractivity contribution in [3.8, 4) is 0 Å². The Hall–Kier alpha value is -3.51. The van der Waals surface area contributed by atoms with Crippen LogP contribution in [0.2, 0.25) is 0 Å². The van der Waals surface area contributed by atoms with Gasteiger partial charge in [0.1, 0.15) is 11.2 Å². The second-order valence-corrected chi connectivity index (χ2v) is 9.74. The Labute approximate surface area is 203 Å². The molecule has 1 aliphatic rings. The van der Waals surface area contributed by atoms with Gasteiger partial charge in [-0.25, -0.2) is 0 Å². The molecule has 1 unspecified atom stereocenters. The second kappa shape index (κ2) is 9.03. The highest BCUT2D eigenvalue weighted by molar-refractivity contribution is 7.98. The van der Waals surface area contributed by atoms with Gasteiger partial charge in [0.15, 0.2) is 0 Å². The first kappa shape index (κ1) is 22.3. The van der Waals surface area contributed by atoms with Gasteiger partial charge >= 0.3 is 0 Å². The maximum atomic E-state index is 13.8. The highest BCUT2D eigenvalue weighted by Gasteiger charge is 2.47. The van der Waals surface area contributed by atoms with Crippen LogP contribution in [0.25, 0.3) is 10.9 Å². The van der Waals surface area contributed by atoms with E-state index in [1.54, 1.807) is 16.7 Å². The molecule has 1 atom stereocenters. The van der Waals surface area contributed by atoms with Gasteiger partial charge in [0.25, 0.3) is 5.91 Å². The third kappa shape index (κ3) is 3.99. The summed E-state index contributed by atoms with van der Waals surface area (Å²) in [6.07, 6.45) is 2.04. The van der Waals surface area contributed by atoms with Crippen molar-refractivity contribution in [3.63, 3.8) is 0 Å². The first-order chi connectivity index (χ1) is 16.5. The summed E-state index contributed by atoms with van der Waals surface area (Å²) in [5.41, 5.74) is 2.57. The fraction of sp³-hybridized carbons (Fsp3) is 0.214. The van der Waals surface area contributed by atoms with Gasteiger partial charge in [0.05, 0.1) is 6.54 Å². The zero-order valence-electron chi connectivity index (χ0n) is 19.3. The van der Waals surface area contributed by atoms with Crippen LogP contribution in [0.3, 0.4) is 0 Å². The van der Waals surface area contributed by atoms with Crippen molar-refractivity contribution in [3.05, 3.63) is 102 Å². The van der Waals surface area contributed by atoms with Gasteiger partial charge in [-0.3, -0.25) is 9.59 Å². The van der Waals surface area contributed by atoms with E-state index in [1.807, 2.05) is 90.5 Å². The largest absolute Gasteiger partial charge is 0.350 e. The van der Waals surface area contributed by atoms with Crippen LogP contribution in [-0.4, -0.2) is 33.1 Å². The van der Waals surface area contributed by atoms with Crippen molar-refractivity contribution in [1.82, 2.24) is 14.8 Å². The van der Waals surface area contributed by atoms with Crippen molar-refractivity contribution in [2.45, 2.75) is 37.0 Å². The average Bonchev–Trinajstić information content (AvgIpc) is 3.24. The third-order valence-electron chi connectivity index (χ3n) is 6.62. The van der Waals surface area contributed by atoms with E-state index >= 15 is 0 Å². The summed E-state index contributed by atoms with van der Waals surface area (Å²) >= 11 is 1.68. The molecule has 0 saturated heterocycles. The summed E-state index contributed by atoms with van der Waals surface area (Å²) in [6.45, 7) is 3.05. The van der Waals surface area contributed by atoms with E-state index in [0.29, 0.717) is 25.3 Å². The number of para-hydroxylation sites is 1. The van der Waals surface area contributed by atoms with Crippen LogP contribution in [0.4, 0.5) is 0 Å². The first-order valence-electron chi connectivity index (χ1n) is 11.3. The predicted molar refractivity (Wildman–Crippen MR) is 137 cm³/mol. The van der Waals surface area contributed by atoms with Crippen LogP contribution in [0.1, 0.15) is 28.5 Å². The molecule has 0 radical (unpaired) electrons. The van der Waals surface area contributed by atoms with Crippen molar-refractivity contribution in [2.24, 2.45) is 0 Å². The van der Waals surface area contributed by atoms with E-state index < -0.39 is 5.54 Å².